The fraction of sp³-hybridized carbons (Fsp3) is 0.300. The molecule has 3 heteroatoms. The van der Waals surface area contributed by atoms with Gasteiger partial charge in [-0.3, -0.25) is 4.99 Å². The lowest BCUT2D eigenvalue weighted by Crippen LogP contribution is -2.15. The molecular weight excluding hydrogens is 202 g/mol. The standard InChI is InChI=1S/C10H10ClNS/c1-10(2)12-6-7-4-3-5-8(11)9(7)13-10/h3-6H,1-2H3. The van der Waals surface area contributed by atoms with Crippen LogP contribution in [0.1, 0.15) is 19.4 Å². The summed E-state index contributed by atoms with van der Waals surface area (Å²) in [6.45, 7) is 4.17. The zero-order valence-electron chi connectivity index (χ0n) is 7.54. The van der Waals surface area contributed by atoms with E-state index < -0.39 is 0 Å². The Balaban J connectivity index is 2.54. The third-order valence-corrected chi connectivity index (χ3v) is 3.56. The Bertz CT molecular complexity index is 371. The highest BCUT2D eigenvalue weighted by Crippen LogP contribution is 2.41. The van der Waals surface area contributed by atoms with Gasteiger partial charge in [0.05, 0.1) is 5.02 Å². The van der Waals surface area contributed by atoms with Gasteiger partial charge in [-0.25, -0.2) is 0 Å². The van der Waals surface area contributed by atoms with Crippen molar-refractivity contribution in [2.45, 2.75) is 23.6 Å². The van der Waals surface area contributed by atoms with Crippen molar-refractivity contribution >= 4 is 29.6 Å². The molecule has 0 aromatic heterocycles. The highest BCUT2D eigenvalue weighted by atomic mass is 35.5. The van der Waals surface area contributed by atoms with Gasteiger partial charge in [0.2, 0.25) is 0 Å². The van der Waals surface area contributed by atoms with Crippen LogP contribution in [0.3, 0.4) is 0 Å². The van der Waals surface area contributed by atoms with Crippen LogP contribution in [-0.4, -0.2) is 11.1 Å². The quantitative estimate of drug-likeness (QED) is 0.639. The van der Waals surface area contributed by atoms with Gasteiger partial charge in [0.15, 0.2) is 0 Å². The summed E-state index contributed by atoms with van der Waals surface area (Å²) in [5.74, 6) is 0. The molecule has 0 N–H and O–H groups in total. The second kappa shape index (κ2) is 3.03. The summed E-state index contributed by atoms with van der Waals surface area (Å²) in [6, 6.07) is 5.90. The molecule has 2 rings (SSSR count). The molecule has 1 heterocycles. The van der Waals surface area contributed by atoms with Crippen molar-refractivity contribution in [3.05, 3.63) is 28.8 Å². The topological polar surface area (TPSA) is 12.4 Å². The van der Waals surface area contributed by atoms with Crippen molar-refractivity contribution in [2.24, 2.45) is 4.99 Å². The third kappa shape index (κ3) is 1.74. The van der Waals surface area contributed by atoms with E-state index in [-0.39, 0.29) is 4.87 Å². The van der Waals surface area contributed by atoms with Gasteiger partial charge >= 0.3 is 0 Å². The van der Waals surface area contributed by atoms with Crippen molar-refractivity contribution in [1.29, 1.82) is 0 Å². The first-order valence-electron chi connectivity index (χ1n) is 4.11. The average Bonchev–Trinajstić information content (AvgIpc) is 2.06. The predicted octanol–water partition coefficient (Wildman–Crippen LogP) is 3.60. The number of fused-ring (bicyclic) bond motifs is 1. The summed E-state index contributed by atoms with van der Waals surface area (Å²) < 4.78 is 0. The minimum absolute atomic E-state index is 0.0853. The van der Waals surface area contributed by atoms with Gasteiger partial charge < -0.3 is 0 Å². The number of hydrogen-bond donors (Lipinski definition) is 0. The number of nitrogens with zero attached hydrogens (tertiary/aromatic N) is 1. The SMILES string of the molecule is CC1(C)N=Cc2cccc(Cl)c2S1. The van der Waals surface area contributed by atoms with Crippen molar-refractivity contribution in [3.63, 3.8) is 0 Å². The van der Waals surface area contributed by atoms with E-state index in [1.165, 1.54) is 0 Å². The summed E-state index contributed by atoms with van der Waals surface area (Å²) in [7, 11) is 0. The third-order valence-electron chi connectivity index (χ3n) is 1.86. The summed E-state index contributed by atoms with van der Waals surface area (Å²) in [5, 5.41) is 0.821. The van der Waals surface area contributed by atoms with Crippen LogP contribution in [0.2, 0.25) is 5.02 Å². The molecule has 1 aliphatic rings. The molecule has 1 aromatic rings. The van der Waals surface area contributed by atoms with Crippen LogP contribution in [0.25, 0.3) is 0 Å². The lowest BCUT2D eigenvalue weighted by molar-refractivity contribution is 0.760. The molecule has 0 unspecified atom stereocenters. The molecule has 0 radical (unpaired) electrons. The van der Waals surface area contributed by atoms with Gasteiger partial charge in [0.25, 0.3) is 0 Å². The number of halogens is 1. The van der Waals surface area contributed by atoms with Crippen LogP contribution in [-0.2, 0) is 0 Å². The molecule has 0 aliphatic carbocycles. The number of hydrogen-bond acceptors (Lipinski definition) is 2. The van der Waals surface area contributed by atoms with Crippen molar-refractivity contribution < 1.29 is 0 Å². The molecule has 0 spiro atoms. The monoisotopic (exact) mass is 211 g/mol. The Labute approximate surface area is 87.2 Å². The maximum absolute atomic E-state index is 6.09. The van der Waals surface area contributed by atoms with Gasteiger partial charge in [0, 0.05) is 16.7 Å². The molecule has 1 aromatic carbocycles. The Hall–Kier alpha value is -0.470. The molecule has 1 nitrogen and oxygen atoms in total. The fourth-order valence-corrected chi connectivity index (χ4v) is 2.54. The Morgan fingerprint density at radius 2 is 2.15 bits per heavy atom. The lowest BCUT2D eigenvalue weighted by Gasteiger charge is -2.24. The summed E-state index contributed by atoms with van der Waals surface area (Å²) >= 11 is 7.80. The van der Waals surface area contributed by atoms with Crippen LogP contribution in [0.5, 0.6) is 0 Å². The normalized spacial score (nSPS) is 18.4. The zero-order valence-corrected chi connectivity index (χ0v) is 9.12. The number of thioether (sulfide) groups is 1. The van der Waals surface area contributed by atoms with E-state index in [2.05, 4.69) is 18.8 Å². The Morgan fingerprint density at radius 3 is 2.92 bits per heavy atom. The summed E-state index contributed by atoms with van der Waals surface area (Å²) in [4.78, 5) is 5.48. The predicted molar refractivity (Wildman–Crippen MR) is 59.0 cm³/mol. The van der Waals surface area contributed by atoms with Crippen LogP contribution in [0, 0.1) is 0 Å². The van der Waals surface area contributed by atoms with Gasteiger partial charge in [-0.15, -0.1) is 0 Å². The first kappa shape index (κ1) is 9.10. The molecule has 0 saturated heterocycles. The van der Waals surface area contributed by atoms with E-state index in [1.54, 1.807) is 11.8 Å². The molecule has 0 amide bonds. The second-order valence-electron chi connectivity index (χ2n) is 3.47. The number of aliphatic imine (C=N–C) groups is 1. The fourth-order valence-electron chi connectivity index (χ4n) is 1.24. The first-order chi connectivity index (χ1) is 6.08. The van der Waals surface area contributed by atoms with Crippen molar-refractivity contribution in [1.82, 2.24) is 0 Å². The molecule has 0 fully saturated rings. The second-order valence-corrected chi connectivity index (χ2v) is 5.48. The molecule has 1 aliphatic heterocycles. The van der Waals surface area contributed by atoms with Crippen molar-refractivity contribution in [2.75, 3.05) is 0 Å². The summed E-state index contributed by atoms with van der Waals surface area (Å²) in [6.07, 6.45) is 1.90. The zero-order chi connectivity index (χ0) is 9.47. The van der Waals surface area contributed by atoms with Crippen molar-refractivity contribution in [3.8, 4) is 0 Å². The Kier molecular flexibility index (Phi) is 2.12. The van der Waals surface area contributed by atoms with Crippen LogP contribution < -0.4 is 0 Å². The molecule has 68 valence electrons. The van der Waals surface area contributed by atoms with Gasteiger partial charge in [0.1, 0.15) is 4.87 Å². The largest absolute Gasteiger partial charge is 0.275 e. The molecule has 0 atom stereocenters. The molecular formula is C10H10ClNS. The first-order valence-corrected chi connectivity index (χ1v) is 5.31. The smallest absolute Gasteiger partial charge is 0.105 e. The minimum atomic E-state index is -0.0853. The van der Waals surface area contributed by atoms with E-state index in [1.807, 2.05) is 24.4 Å². The van der Waals surface area contributed by atoms with Gasteiger partial charge in [-0.1, -0.05) is 35.5 Å². The maximum atomic E-state index is 6.09. The molecule has 13 heavy (non-hydrogen) atoms. The van der Waals surface area contributed by atoms with Crippen LogP contribution >= 0.6 is 23.4 Å². The highest BCUT2D eigenvalue weighted by molar-refractivity contribution is 8.00. The van der Waals surface area contributed by atoms with E-state index in [4.69, 9.17) is 11.6 Å². The maximum Gasteiger partial charge on any atom is 0.105 e. The molecule has 0 bridgehead atoms. The average molecular weight is 212 g/mol. The van der Waals surface area contributed by atoms with Gasteiger partial charge in [-0.2, -0.15) is 0 Å². The molecule has 0 saturated carbocycles. The highest BCUT2D eigenvalue weighted by Gasteiger charge is 2.23. The van der Waals surface area contributed by atoms with E-state index in [0.717, 1.165) is 15.5 Å². The van der Waals surface area contributed by atoms with E-state index >= 15 is 0 Å². The van der Waals surface area contributed by atoms with E-state index in [9.17, 15) is 0 Å². The lowest BCUT2D eigenvalue weighted by atomic mass is 10.2. The minimum Gasteiger partial charge on any atom is -0.275 e. The summed E-state index contributed by atoms with van der Waals surface area (Å²) in [5.41, 5.74) is 1.12. The number of benzene rings is 1. The van der Waals surface area contributed by atoms with E-state index in [0.29, 0.717) is 0 Å². The number of rotatable bonds is 0. The van der Waals surface area contributed by atoms with Crippen LogP contribution in [0.15, 0.2) is 28.1 Å². The Morgan fingerprint density at radius 1 is 1.38 bits per heavy atom. The van der Waals surface area contributed by atoms with Gasteiger partial charge in [-0.05, 0) is 19.9 Å². The van der Waals surface area contributed by atoms with Crippen LogP contribution in [0.4, 0.5) is 0 Å².